The number of halogens is 1. The normalized spacial score (nSPS) is 29.6. The molecule has 2 aliphatic rings. The van der Waals surface area contributed by atoms with E-state index in [1.54, 1.807) is 0 Å². The Hall–Kier alpha value is 0.160. The maximum atomic E-state index is 11.2. The molecule has 0 N–H and O–H groups in total. The molecule has 1 spiro atoms. The van der Waals surface area contributed by atoms with E-state index >= 15 is 0 Å². The summed E-state index contributed by atoms with van der Waals surface area (Å²) in [5.41, 5.74) is -0.0871. The Morgan fingerprint density at radius 3 is 2.61 bits per heavy atom. The standard InChI is InChI=1S/C12H22ClNO3S/c1-2-14-6-4-12(5-7-14)9-11(3-8-17-12)10-18(13,15)16/h11H,2-10H2,1H3. The van der Waals surface area contributed by atoms with Gasteiger partial charge in [0.25, 0.3) is 0 Å². The number of nitrogens with zero attached hydrogens (tertiary/aromatic N) is 1. The zero-order chi connectivity index (χ0) is 13.2. The maximum Gasteiger partial charge on any atom is 0.232 e. The quantitative estimate of drug-likeness (QED) is 0.745. The molecule has 1 atom stereocenters. The summed E-state index contributed by atoms with van der Waals surface area (Å²) in [6, 6.07) is 0. The van der Waals surface area contributed by atoms with Crippen LogP contribution in [-0.2, 0) is 13.8 Å². The van der Waals surface area contributed by atoms with E-state index in [9.17, 15) is 8.42 Å². The summed E-state index contributed by atoms with van der Waals surface area (Å²) in [4.78, 5) is 2.41. The van der Waals surface area contributed by atoms with Gasteiger partial charge in [0.05, 0.1) is 11.4 Å². The molecule has 2 heterocycles. The van der Waals surface area contributed by atoms with Gasteiger partial charge < -0.3 is 9.64 Å². The second-order valence-corrected chi connectivity index (χ2v) is 8.35. The largest absolute Gasteiger partial charge is 0.375 e. The van der Waals surface area contributed by atoms with Gasteiger partial charge in [-0.05, 0) is 38.1 Å². The number of hydrogen-bond acceptors (Lipinski definition) is 4. The van der Waals surface area contributed by atoms with E-state index in [2.05, 4.69) is 11.8 Å². The van der Waals surface area contributed by atoms with Crippen molar-refractivity contribution in [3.05, 3.63) is 0 Å². The minimum absolute atomic E-state index is 0.0871. The molecule has 0 aromatic rings. The molecular formula is C12H22ClNO3S. The van der Waals surface area contributed by atoms with Crippen molar-refractivity contribution >= 4 is 19.7 Å². The van der Waals surface area contributed by atoms with Crippen molar-refractivity contribution in [3.63, 3.8) is 0 Å². The average Bonchev–Trinajstić information content (AvgIpc) is 2.28. The molecule has 2 aliphatic heterocycles. The van der Waals surface area contributed by atoms with Crippen LogP contribution in [0.5, 0.6) is 0 Å². The highest BCUT2D eigenvalue weighted by atomic mass is 35.7. The lowest BCUT2D eigenvalue weighted by Crippen LogP contribution is -2.49. The Kier molecular flexibility index (Phi) is 4.57. The van der Waals surface area contributed by atoms with Gasteiger partial charge in [0.15, 0.2) is 0 Å². The molecule has 2 rings (SSSR count). The molecule has 0 aromatic heterocycles. The van der Waals surface area contributed by atoms with Crippen molar-refractivity contribution in [2.24, 2.45) is 5.92 Å². The third-order valence-corrected chi connectivity index (χ3v) is 5.49. The summed E-state index contributed by atoms with van der Waals surface area (Å²) in [5, 5.41) is 0. The Bertz CT molecular complexity index is 377. The first-order valence-electron chi connectivity index (χ1n) is 6.71. The minimum Gasteiger partial charge on any atom is -0.375 e. The molecule has 0 aromatic carbocycles. The predicted molar refractivity (Wildman–Crippen MR) is 72.4 cm³/mol. The summed E-state index contributed by atoms with van der Waals surface area (Å²) in [5.74, 6) is 0.256. The van der Waals surface area contributed by atoms with Gasteiger partial charge in [0.1, 0.15) is 0 Å². The molecular weight excluding hydrogens is 274 g/mol. The highest BCUT2D eigenvalue weighted by Gasteiger charge is 2.40. The summed E-state index contributed by atoms with van der Waals surface area (Å²) >= 11 is 0. The van der Waals surface area contributed by atoms with Gasteiger partial charge in [-0.25, -0.2) is 8.42 Å². The Morgan fingerprint density at radius 2 is 2.06 bits per heavy atom. The lowest BCUT2D eigenvalue weighted by Gasteiger charge is -2.46. The molecule has 4 nitrogen and oxygen atoms in total. The number of rotatable bonds is 3. The lowest BCUT2D eigenvalue weighted by atomic mass is 9.80. The van der Waals surface area contributed by atoms with Crippen LogP contribution >= 0.6 is 10.7 Å². The van der Waals surface area contributed by atoms with Gasteiger partial charge in [-0.15, -0.1) is 0 Å². The molecule has 6 heteroatoms. The fraction of sp³-hybridized carbons (Fsp3) is 1.00. The van der Waals surface area contributed by atoms with Crippen LogP contribution in [0.2, 0.25) is 0 Å². The van der Waals surface area contributed by atoms with Crippen LogP contribution < -0.4 is 0 Å². The zero-order valence-electron chi connectivity index (χ0n) is 10.9. The molecule has 0 saturated carbocycles. The Balaban J connectivity index is 1.94. The van der Waals surface area contributed by atoms with Gasteiger partial charge in [-0.2, -0.15) is 0 Å². The molecule has 18 heavy (non-hydrogen) atoms. The van der Waals surface area contributed by atoms with Crippen molar-refractivity contribution in [2.75, 3.05) is 32.0 Å². The zero-order valence-corrected chi connectivity index (χ0v) is 12.5. The van der Waals surface area contributed by atoms with Crippen LogP contribution in [0.15, 0.2) is 0 Å². The van der Waals surface area contributed by atoms with E-state index in [1.165, 1.54) is 0 Å². The molecule has 1 unspecified atom stereocenters. The smallest absolute Gasteiger partial charge is 0.232 e. The predicted octanol–water partition coefficient (Wildman–Crippen LogP) is 1.84. The number of likely N-dealkylation sites (tertiary alicyclic amines) is 1. The first-order chi connectivity index (χ1) is 8.42. The topological polar surface area (TPSA) is 46.6 Å². The first kappa shape index (κ1) is 14.6. The fourth-order valence-electron chi connectivity index (χ4n) is 3.18. The van der Waals surface area contributed by atoms with E-state index in [0.717, 1.165) is 45.3 Å². The second-order valence-electron chi connectivity index (χ2n) is 5.53. The molecule has 0 radical (unpaired) electrons. The van der Waals surface area contributed by atoms with Crippen LogP contribution in [-0.4, -0.2) is 50.9 Å². The van der Waals surface area contributed by atoms with Crippen LogP contribution in [0.4, 0.5) is 0 Å². The summed E-state index contributed by atoms with van der Waals surface area (Å²) in [6.07, 6.45) is 3.68. The van der Waals surface area contributed by atoms with E-state index in [4.69, 9.17) is 15.4 Å². The highest BCUT2D eigenvalue weighted by molar-refractivity contribution is 8.13. The van der Waals surface area contributed by atoms with Gasteiger partial charge in [-0.3, -0.25) is 0 Å². The second kappa shape index (κ2) is 5.65. The molecule has 0 bridgehead atoms. The van der Waals surface area contributed by atoms with Gasteiger partial charge >= 0.3 is 0 Å². The van der Waals surface area contributed by atoms with Crippen molar-refractivity contribution in [3.8, 4) is 0 Å². The summed E-state index contributed by atoms with van der Waals surface area (Å²) < 4.78 is 28.4. The van der Waals surface area contributed by atoms with E-state index in [0.29, 0.717) is 6.61 Å². The molecule has 106 valence electrons. The van der Waals surface area contributed by atoms with Crippen LogP contribution in [0.25, 0.3) is 0 Å². The van der Waals surface area contributed by atoms with E-state index < -0.39 is 9.05 Å². The highest BCUT2D eigenvalue weighted by Crippen LogP contribution is 2.38. The maximum absolute atomic E-state index is 11.2. The Labute approximate surface area is 114 Å². The van der Waals surface area contributed by atoms with Crippen LogP contribution in [0.3, 0.4) is 0 Å². The van der Waals surface area contributed by atoms with Crippen molar-refractivity contribution < 1.29 is 13.2 Å². The number of ether oxygens (including phenoxy) is 1. The first-order valence-corrected chi connectivity index (χ1v) is 9.19. The van der Waals surface area contributed by atoms with Crippen molar-refractivity contribution in [1.82, 2.24) is 4.90 Å². The Morgan fingerprint density at radius 1 is 1.39 bits per heavy atom. The van der Waals surface area contributed by atoms with Gasteiger partial charge in [0, 0.05) is 30.4 Å². The van der Waals surface area contributed by atoms with Crippen molar-refractivity contribution in [1.29, 1.82) is 0 Å². The SMILES string of the molecule is CCN1CCC2(CC1)CC(CS(=O)(=O)Cl)CCO2. The fourth-order valence-corrected chi connectivity index (χ4v) is 4.56. The molecule has 0 amide bonds. The van der Waals surface area contributed by atoms with Crippen LogP contribution in [0, 0.1) is 5.92 Å². The molecule has 2 fully saturated rings. The number of hydrogen-bond donors (Lipinski definition) is 0. The van der Waals surface area contributed by atoms with E-state index in [1.807, 2.05) is 0 Å². The third kappa shape index (κ3) is 3.83. The van der Waals surface area contributed by atoms with Gasteiger partial charge in [-0.1, -0.05) is 6.92 Å². The molecule has 0 aliphatic carbocycles. The number of piperidine rings is 1. The van der Waals surface area contributed by atoms with Crippen LogP contribution in [0.1, 0.15) is 32.6 Å². The lowest BCUT2D eigenvalue weighted by molar-refractivity contribution is -0.123. The van der Waals surface area contributed by atoms with Gasteiger partial charge in [0.2, 0.25) is 9.05 Å². The van der Waals surface area contributed by atoms with Crippen molar-refractivity contribution in [2.45, 2.75) is 38.2 Å². The molecule has 2 saturated heterocycles. The van der Waals surface area contributed by atoms with E-state index in [-0.39, 0.29) is 17.3 Å². The third-order valence-electron chi connectivity index (χ3n) is 4.24. The minimum atomic E-state index is -3.39. The summed E-state index contributed by atoms with van der Waals surface area (Å²) in [7, 11) is 1.97. The monoisotopic (exact) mass is 295 g/mol. The average molecular weight is 296 g/mol. The summed E-state index contributed by atoms with van der Waals surface area (Å²) in [6.45, 7) is 6.02.